The Morgan fingerprint density at radius 1 is 0.967 bits per heavy atom. The highest BCUT2D eigenvalue weighted by Gasteiger charge is 2.69. The molecule has 4 rings (SSSR count). The lowest BCUT2D eigenvalue weighted by Gasteiger charge is -2.32. The molecule has 2 aromatic carbocycles. The van der Waals surface area contributed by atoms with Gasteiger partial charge in [0.15, 0.2) is 5.78 Å². The van der Waals surface area contributed by atoms with Crippen molar-refractivity contribution in [2.24, 2.45) is 22.5 Å². The molecule has 0 radical (unpaired) electrons. The number of carbonyl (C=O) groups excluding carboxylic acids is 1. The van der Waals surface area contributed by atoms with Crippen molar-refractivity contribution in [2.75, 3.05) is 0 Å². The molecule has 2 aliphatic carbocycles. The third-order valence-electron chi connectivity index (χ3n) is 7.80. The van der Waals surface area contributed by atoms with Gasteiger partial charge in [-0.3, -0.25) is 4.79 Å². The second-order valence-electron chi connectivity index (χ2n) is 9.47. The van der Waals surface area contributed by atoms with Crippen LogP contribution in [-0.4, -0.2) is 19.5 Å². The number of sulfonamides is 1. The number of hydrogen-bond acceptors (Lipinski definition) is 4. The zero-order valence-corrected chi connectivity index (χ0v) is 18.5. The van der Waals surface area contributed by atoms with Crippen LogP contribution < -0.4 is 10.5 Å². The summed E-state index contributed by atoms with van der Waals surface area (Å²) in [6.45, 7) is 5.99. The number of Topliss-reactive ketones (excluding diaryl/α,β-unsaturated/α-hetero) is 1. The summed E-state index contributed by atoms with van der Waals surface area (Å²) in [4.78, 5) is 13.3. The fraction of sp³-hybridized carbons (Fsp3) is 0.458. The van der Waals surface area contributed by atoms with E-state index in [2.05, 4.69) is 4.72 Å². The molecule has 2 bridgehead atoms. The Morgan fingerprint density at radius 2 is 1.50 bits per heavy atom. The first kappa shape index (κ1) is 21.2. The van der Waals surface area contributed by atoms with Gasteiger partial charge in [0.25, 0.3) is 0 Å². The van der Waals surface area contributed by atoms with E-state index in [1.54, 1.807) is 0 Å². The summed E-state index contributed by atoms with van der Waals surface area (Å²) in [5, 5.41) is -1.03. The molecule has 0 aromatic heterocycles. The maximum absolute atomic E-state index is 13.6. The predicted molar refractivity (Wildman–Crippen MR) is 118 cm³/mol. The van der Waals surface area contributed by atoms with Crippen LogP contribution in [0.1, 0.15) is 56.8 Å². The van der Waals surface area contributed by atoms with E-state index in [1.807, 2.05) is 81.4 Å². The molecule has 2 saturated carbocycles. The van der Waals surface area contributed by atoms with Gasteiger partial charge < -0.3 is 5.73 Å². The first-order chi connectivity index (χ1) is 14.1. The maximum Gasteiger partial charge on any atom is 0.222 e. The lowest BCUT2D eigenvalue weighted by atomic mass is 9.70. The van der Waals surface area contributed by atoms with Crippen LogP contribution in [0.4, 0.5) is 0 Å². The van der Waals surface area contributed by atoms with Gasteiger partial charge in [0.05, 0.1) is 12.1 Å². The van der Waals surface area contributed by atoms with Gasteiger partial charge in [-0.25, -0.2) is 13.1 Å². The van der Waals surface area contributed by atoms with Gasteiger partial charge in [-0.2, -0.15) is 0 Å². The molecule has 2 aliphatic rings. The Hall–Kier alpha value is -2.02. The largest absolute Gasteiger partial charge is 0.322 e. The number of rotatable bonds is 6. The van der Waals surface area contributed by atoms with Gasteiger partial charge in [0.1, 0.15) is 5.25 Å². The highest BCUT2D eigenvalue weighted by atomic mass is 32.2. The molecule has 2 aromatic rings. The Labute approximate surface area is 179 Å². The smallest absolute Gasteiger partial charge is 0.222 e. The molecule has 30 heavy (non-hydrogen) atoms. The van der Waals surface area contributed by atoms with Crippen LogP contribution in [0.25, 0.3) is 0 Å². The number of benzene rings is 2. The molecule has 0 saturated heterocycles. The Bertz CT molecular complexity index is 1040. The lowest BCUT2D eigenvalue weighted by molar-refractivity contribution is -0.127. The molecule has 2 fully saturated rings. The van der Waals surface area contributed by atoms with Crippen LogP contribution in [0, 0.1) is 16.7 Å². The van der Waals surface area contributed by atoms with Gasteiger partial charge in [-0.05, 0) is 35.3 Å². The summed E-state index contributed by atoms with van der Waals surface area (Å²) in [5.41, 5.74) is 7.23. The number of fused-ring (bicyclic) bond motifs is 2. The lowest BCUT2D eigenvalue weighted by Crippen LogP contribution is -2.47. The van der Waals surface area contributed by atoms with Gasteiger partial charge >= 0.3 is 0 Å². The van der Waals surface area contributed by atoms with Gasteiger partial charge in [0.2, 0.25) is 10.0 Å². The van der Waals surface area contributed by atoms with Crippen molar-refractivity contribution >= 4 is 15.8 Å². The predicted octanol–water partition coefficient (Wildman–Crippen LogP) is 3.74. The molecule has 5 atom stereocenters. The van der Waals surface area contributed by atoms with Crippen molar-refractivity contribution in [2.45, 2.75) is 50.9 Å². The summed E-state index contributed by atoms with van der Waals surface area (Å²) in [6, 6.07) is 17.5. The van der Waals surface area contributed by atoms with Crippen molar-refractivity contribution in [3.63, 3.8) is 0 Å². The molecule has 0 aliphatic heterocycles. The van der Waals surface area contributed by atoms with Crippen LogP contribution in [0.15, 0.2) is 60.7 Å². The molecule has 0 spiro atoms. The minimum atomic E-state index is -3.93. The Balaban J connectivity index is 1.71. The number of ketones is 1. The third-order valence-corrected chi connectivity index (χ3v) is 9.59. The topological polar surface area (TPSA) is 89.3 Å². The summed E-state index contributed by atoms with van der Waals surface area (Å²) < 4.78 is 30.0. The maximum atomic E-state index is 13.6. The van der Waals surface area contributed by atoms with E-state index in [4.69, 9.17) is 5.73 Å². The fourth-order valence-corrected chi connectivity index (χ4v) is 7.72. The molecule has 3 N–H and O–H groups in total. The van der Waals surface area contributed by atoms with E-state index >= 15 is 0 Å². The van der Waals surface area contributed by atoms with Gasteiger partial charge in [0, 0.05) is 5.41 Å². The minimum Gasteiger partial charge on any atom is -0.322 e. The van der Waals surface area contributed by atoms with Crippen molar-refractivity contribution in [3.8, 4) is 0 Å². The summed E-state index contributed by atoms with van der Waals surface area (Å²) in [5.74, 6) is -0.340. The second-order valence-corrected chi connectivity index (χ2v) is 11.3. The highest BCUT2D eigenvalue weighted by molar-refractivity contribution is 7.91. The number of carbonyl (C=O) groups is 1. The number of nitrogens with one attached hydrogen (secondary N) is 1. The summed E-state index contributed by atoms with van der Waals surface area (Å²) >= 11 is 0. The van der Waals surface area contributed by atoms with E-state index in [0.717, 1.165) is 24.0 Å². The van der Waals surface area contributed by atoms with Crippen LogP contribution >= 0.6 is 0 Å². The Kier molecular flexibility index (Phi) is 5.16. The summed E-state index contributed by atoms with van der Waals surface area (Å²) in [7, 11) is -3.93. The van der Waals surface area contributed by atoms with E-state index < -0.39 is 32.8 Å². The van der Waals surface area contributed by atoms with E-state index in [9.17, 15) is 13.2 Å². The van der Waals surface area contributed by atoms with E-state index in [-0.39, 0.29) is 17.1 Å². The first-order valence-electron chi connectivity index (χ1n) is 10.5. The van der Waals surface area contributed by atoms with Crippen LogP contribution in [0.2, 0.25) is 0 Å². The number of nitrogens with two attached hydrogens (primary N) is 1. The monoisotopic (exact) mass is 426 g/mol. The first-order valence-corrected chi connectivity index (χ1v) is 12.1. The average Bonchev–Trinajstić information content (AvgIpc) is 3.05. The SMILES string of the molecule is CC12CCC(C(S(=O)(=O)NC(c3ccccc3)C(N)c3ccccc3)C1=O)C2(C)C. The zero-order valence-electron chi connectivity index (χ0n) is 17.7. The van der Waals surface area contributed by atoms with Gasteiger partial charge in [-0.15, -0.1) is 0 Å². The molecule has 0 amide bonds. The normalized spacial score (nSPS) is 29.7. The summed E-state index contributed by atoms with van der Waals surface area (Å²) in [6.07, 6.45) is 1.50. The zero-order chi connectivity index (χ0) is 21.7. The molecular formula is C24H30N2O3S. The van der Waals surface area contributed by atoms with Gasteiger partial charge in [-0.1, -0.05) is 81.4 Å². The molecule has 160 valence electrons. The minimum absolute atomic E-state index is 0.156. The average molecular weight is 427 g/mol. The number of hydrogen-bond donors (Lipinski definition) is 2. The van der Waals surface area contributed by atoms with Crippen molar-refractivity contribution in [3.05, 3.63) is 71.8 Å². The van der Waals surface area contributed by atoms with Crippen molar-refractivity contribution < 1.29 is 13.2 Å². The van der Waals surface area contributed by atoms with E-state index in [1.165, 1.54) is 0 Å². The molecule has 0 heterocycles. The molecule has 6 heteroatoms. The molecule has 5 nitrogen and oxygen atoms in total. The van der Waals surface area contributed by atoms with Crippen molar-refractivity contribution in [1.82, 2.24) is 4.72 Å². The highest BCUT2D eigenvalue weighted by Crippen LogP contribution is 2.64. The molecule has 5 unspecified atom stereocenters. The van der Waals surface area contributed by atoms with Crippen LogP contribution in [0.3, 0.4) is 0 Å². The van der Waals surface area contributed by atoms with Crippen molar-refractivity contribution in [1.29, 1.82) is 0 Å². The van der Waals surface area contributed by atoms with E-state index in [0.29, 0.717) is 0 Å². The fourth-order valence-electron chi connectivity index (χ4n) is 5.49. The molecular weight excluding hydrogens is 396 g/mol. The standard InChI is InChI=1S/C24H30N2O3S/c1-23(2)18-14-15-24(23,3)22(27)21(18)30(28,29)26-20(17-12-8-5-9-13-17)19(25)16-10-6-4-7-11-16/h4-13,18-21,26H,14-15,25H2,1-3H3. The van der Waals surface area contributed by atoms with Crippen LogP contribution in [0.5, 0.6) is 0 Å². The second kappa shape index (κ2) is 7.29. The quantitative estimate of drug-likeness (QED) is 0.736. The third kappa shape index (κ3) is 3.13. The Morgan fingerprint density at radius 3 is 2.00 bits per heavy atom. The van der Waals surface area contributed by atoms with Crippen LogP contribution in [-0.2, 0) is 14.8 Å².